The second kappa shape index (κ2) is 9.45. The van der Waals surface area contributed by atoms with Crippen molar-refractivity contribution in [3.05, 3.63) is 0 Å². The maximum atomic E-state index is 9.91. The Balaban J connectivity index is 0.00000312. The van der Waals surface area contributed by atoms with Crippen LogP contribution in [-0.4, -0.2) is 123 Å². The summed E-state index contributed by atoms with van der Waals surface area (Å²) in [5.41, 5.74) is 0. The molecular weight excluding hydrogens is 348 g/mol. The summed E-state index contributed by atoms with van der Waals surface area (Å²) >= 11 is 0. The first kappa shape index (κ1) is 22.6. The maximum Gasteiger partial charge on any atom is 0.186 e. The van der Waals surface area contributed by atoms with E-state index < -0.39 is 68.0 Å². The molecule has 9 N–H and O–H groups in total. The summed E-state index contributed by atoms with van der Waals surface area (Å²) in [7, 11) is 1.24. The first-order chi connectivity index (χ1) is 11.3. The molecule has 2 fully saturated rings. The van der Waals surface area contributed by atoms with Gasteiger partial charge in [0, 0.05) is 7.11 Å². The molecule has 0 bridgehead atoms. The van der Waals surface area contributed by atoms with Gasteiger partial charge in [-0.15, -0.1) is 0 Å². The fraction of sp³-hybridized carbons (Fsp3) is 1.00. The van der Waals surface area contributed by atoms with E-state index in [1.54, 1.807) is 0 Å². The first-order valence-electron chi connectivity index (χ1n) is 7.46. The van der Waals surface area contributed by atoms with E-state index >= 15 is 0 Å². The van der Waals surface area contributed by atoms with E-state index in [0.29, 0.717) is 0 Å². The van der Waals surface area contributed by atoms with Crippen molar-refractivity contribution in [2.24, 2.45) is 0 Å². The topological polar surface area (TPSA) is 210 Å². The van der Waals surface area contributed by atoms with E-state index in [1.807, 2.05) is 0 Å². The number of aliphatic hydroxyl groups excluding tert-OH is 7. The third-order valence-electron chi connectivity index (χ3n) is 4.17. The second-order valence-electron chi connectivity index (χ2n) is 5.78. The van der Waals surface area contributed by atoms with E-state index in [2.05, 4.69) is 0 Å². The Bertz CT molecular complexity index is 357. The van der Waals surface area contributed by atoms with Crippen LogP contribution in [0.2, 0.25) is 0 Å². The summed E-state index contributed by atoms with van der Waals surface area (Å²) in [6, 6.07) is 0. The van der Waals surface area contributed by atoms with Crippen molar-refractivity contribution < 1.29 is 60.2 Å². The van der Waals surface area contributed by atoms with Crippen molar-refractivity contribution in [3.8, 4) is 0 Å². The Morgan fingerprint density at radius 3 is 1.72 bits per heavy atom. The van der Waals surface area contributed by atoms with Crippen LogP contribution in [0.25, 0.3) is 0 Å². The molecule has 2 saturated heterocycles. The van der Waals surface area contributed by atoms with Crippen LogP contribution in [0.1, 0.15) is 0 Å². The van der Waals surface area contributed by atoms with Gasteiger partial charge in [0.25, 0.3) is 0 Å². The van der Waals surface area contributed by atoms with Crippen molar-refractivity contribution in [1.29, 1.82) is 0 Å². The van der Waals surface area contributed by atoms with E-state index in [1.165, 1.54) is 7.11 Å². The lowest BCUT2D eigenvalue weighted by atomic mass is 9.98. The number of hydrogen-bond donors (Lipinski definition) is 7. The maximum absolute atomic E-state index is 9.91. The van der Waals surface area contributed by atoms with Gasteiger partial charge >= 0.3 is 0 Å². The summed E-state index contributed by atoms with van der Waals surface area (Å²) in [6.07, 6.45) is -14.0. The highest BCUT2D eigenvalue weighted by molar-refractivity contribution is 4.91. The molecule has 0 amide bonds. The van der Waals surface area contributed by atoms with Gasteiger partial charge in [-0.25, -0.2) is 0 Å². The van der Waals surface area contributed by atoms with Crippen LogP contribution in [0, 0.1) is 0 Å². The normalized spacial score (nSPS) is 48.0. The fourth-order valence-electron chi connectivity index (χ4n) is 2.64. The molecule has 12 heteroatoms. The zero-order chi connectivity index (χ0) is 18.0. The molecule has 2 rings (SSSR count). The van der Waals surface area contributed by atoms with Gasteiger partial charge in [0.2, 0.25) is 0 Å². The molecule has 0 aliphatic carbocycles. The molecule has 2 aliphatic rings. The Morgan fingerprint density at radius 2 is 1.20 bits per heavy atom. The van der Waals surface area contributed by atoms with Crippen LogP contribution in [-0.2, 0) is 18.9 Å². The number of ether oxygens (including phenoxy) is 4. The molecule has 0 saturated carbocycles. The van der Waals surface area contributed by atoms with Crippen molar-refractivity contribution in [2.45, 2.75) is 61.4 Å². The van der Waals surface area contributed by atoms with E-state index in [0.717, 1.165) is 0 Å². The van der Waals surface area contributed by atoms with Crippen molar-refractivity contribution >= 4 is 0 Å². The molecule has 25 heavy (non-hydrogen) atoms. The van der Waals surface area contributed by atoms with Crippen LogP contribution in [0.5, 0.6) is 0 Å². The van der Waals surface area contributed by atoms with E-state index in [4.69, 9.17) is 24.1 Å². The molecule has 2 aliphatic heterocycles. The van der Waals surface area contributed by atoms with E-state index in [9.17, 15) is 30.6 Å². The van der Waals surface area contributed by atoms with Gasteiger partial charge in [-0.3, -0.25) is 0 Å². The van der Waals surface area contributed by atoms with E-state index in [-0.39, 0.29) is 12.1 Å². The predicted molar refractivity (Wildman–Crippen MR) is 77.0 cm³/mol. The molecule has 2 heterocycles. The predicted octanol–water partition coefficient (Wildman–Crippen LogP) is -5.57. The minimum absolute atomic E-state index is 0. The van der Waals surface area contributed by atoms with Crippen molar-refractivity contribution in [2.75, 3.05) is 20.3 Å². The molecular formula is C13H26O12. The van der Waals surface area contributed by atoms with Gasteiger partial charge < -0.3 is 60.2 Å². The summed E-state index contributed by atoms with van der Waals surface area (Å²) in [5.74, 6) is 0. The smallest absolute Gasteiger partial charge is 0.186 e. The van der Waals surface area contributed by atoms with Gasteiger partial charge in [0.15, 0.2) is 12.6 Å². The van der Waals surface area contributed by atoms with Crippen LogP contribution in [0.3, 0.4) is 0 Å². The summed E-state index contributed by atoms with van der Waals surface area (Å²) in [4.78, 5) is 0. The largest absolute Gasteiger partial charge is 0.412 e. The van der Waals surface area contributed by atoms with Crippen LogP contribution in [0.15, 0.2) is 0 Å². The molecule has 0 aromatic carbocycles. The monoisotopic (exact) mass is 374 g/mol. The highest BCUT2D eigenvalue weighted by Gasteiger charge is 2.47. The highest BCUT2D eigenvalue weighted by Crippen LogP contribution is 2.25. The molecule has 0 unspecified atom stereocenters. The average Bonchev–Trinajstić information content (AvgIpc) is 2.58. The van der Waals surface area contributed by atoms with Crippen molar-refractivity contribution in [1.82, 2.24) is 0 Å². The van der Waals surface area contributed by atoms with Crippen LogP contribution < -0.4 is 0 Å². The van der Waals surface area contributed by atoms with Gasteiger partial charge in [-0.1, -0.05) is 0 Å². The summed E-state index contributed by atoms with van der Waals surface area (Å²) < 4.78 is 20.5. The van der Waals surface area contributed by atoms with Gasteiger partial charge in [-0.05, 0) is 0 Å². The van der Waals surface area contributed by atoms with Crippen molar-refractivity contribution in [3.63, 3.8) is 0 Å². The number of hydrogen-bond acceptors (Lipinski definition) is 11. The first-order valence-corrected chi connectivity index (χ1v) is 7.46. The zero-order valence-corrected chi connectivity index (χ0v) is 13.5. The Hall–Kier alpha value is -0.480. The molecule has 0 aromatic rings. The van der Waals surface area contributed by atoms with Gasteiger partial charge in [-0.2, -0.15) is 0 Å². The molecule has 0 spiro atoms. The average molecular weight is 374 g/mol. The van der Waals surface area contributed by atoms with Crippen LogP contribution in [0.4, 0.5) is 0 Å². The number of aliphatic hydroxyl groups is 7. The lowest BCUT2D eigenvalue weighted by molar-refractivity contribution is -0.328. The Kier molecular flexibility index (Phi) is 8.53. The third-order valence-corrected chi connectivity index (χ3v) is 4.17. The lowest BCUT2D eigenvalue weighted by Crippen LogP contribution is -2.61. The Morgan fingerprint density at radius 1 is 0.720 bits per heavy atom. The molecule has 12 nitrogen and oxygen atoms in total. The minimum Gasteiger partial charge on any atom is -0.412 e. The molecule has 10 atom stereocenters. The fourth-order valence-corrected chi connectivity index (χ4v) is 2.64. The Labute approximate surface area is 143 Å². The second-order valence-corrected chi connectivity index (χ2v) is 5.78. The SMILES string of the molecule is CO[C@@H]1O[C@H](CO[C@@H]2O[C@H](CO)[C@H](O)[C@H](O)[C@H]2O)[C@@H](O)[C@H](O)[C@H]1O.O. The number of rotatable bonds is 5. The van der Waals surface area contributed by atoms with Gasteiger partial charge in [0.1, 0.15) is 48.8 Å². The molecule has 0 aromatic heterocycles. The zero-order valence-electron chi connectivity index (χ0n) is 13.5. The summed E-state index contributed by atoms with van der Waals surface area (Å²) in [6.45, 7) is -0.989. The standard InChI is InChI=1S/C13H24O11.H2O/c1-21-12-10(19)9(18)7(16)5(24-12)3-22-13-11(20)8(17)6(15)4(2-14)23-13;/h4-20H,2-3H2,1H3;1H2/t4-,5-,6+,7-,8+,9+,10-,11-,12-,13-;/m1./s1. The highest BCUT2D eigenvalue weighted by atomic mass is 16.7. The lowest BCUT2D eigenvalue weighted by Gasteiger charge is -2.42. The third kappa shape index (κ3) is 4.63. The summed E-state index contributed by atoms with van der Waals surface area (Å²) in [5, 5.41) is 67.6. The minimum atomic E-state index is -1.60. The quantitative estimate of drug-likeness (QED) is 0.241. The molecule has 150 valence electrons. The van der Waals surface area contributed by atoms with Crippen LogP contribution >= 0.6 is 0 Å². The number of methoxy groups -OCH3 is 1. The molecule has 0 radical (unpaired) electrons. The van der Waals surface area contributed by atoms with Gasteiger partial charge in [0.05, 0.1) is 13.2 Å².